The molecular weight excluding hydrogens is 759 g/mol. The van der Waals surface area contributed by atoms with Gasteiger partial charge in [0.1, 0.15) is 19.2 Å². The molecule has 2 aromatic heterocycles. The minimum Gasteiger partial charge on any atom is -0.503 e. The monoisotopic (exact) mass is 787 g/mol. The Hall–Kier alpha value is -6.03. The fourth-order valence-electron chi connectivity index (χ4n) is 7.86. The molecule has 0 amide bonds. The van der Waals surface area contributed by atoms with E-state index in [2.05, 4.69) is 137 Å². The molecule has 4 nitrogen and oxygen atoms in total. The predicted molar refractivity (Wildman–Crippen MR) is 212 cm³/mol. The Morgan fingerprint density at radius 3 is 2.09 bits per heavy atom. The van der Waals surface area contributed by atoms with E-state index in [9.17, 15) is 0 Å². The summed E-state index contributed by atoms with van der Waals surface area (Å²) < 4.78 is 13.1. The van der Waals surface area contributed by atoms with Gasteiger partial charge >= 0.3 is 0 Å². The normalized spacial score (nSPS) is 12.9. The molecule has 53 heavy (non-hydrogen) atoms. The van der Waals surface area contributed by atoms with Crippen LogP contribution in [0.4, 0.5) is 17.1 Å². The fraction of sp³-hybridized carbons (Fsp3) is 0. The van der Waals surface area contributed by atoms with Gasteiger partial charge in [-0.05, 0) is 35.1 Å². The molecular formula is C47H29N2O2PdSi-3. The molecule has 0 spiro atoms. The third kappa shape index (κ3) is 5.34. The van der Waals surface area contributed by atoms with Crippen molar-refractivity contribution < 1.29 is 29.6 Å². The van der Waals surface area contributed by atoms with Gasteiger partial charge in [0.2, 0.25) is 0 Å². The van der Waals surface area contributed by atoms with E-state index in [1.54, 1.807) is 6.20 Å². The van der Waals surface area contributed by atoms with Crippen LogP contribution in [0, 0.1) is 18.2 Å². The molecule has 1 aliphatic rings. The second-order valence-electron chi connectivity index (χ2n) is 12.8. The third-order valence-corrected chi connectivity index (χ3v) is 14.8. The second-order valence-corrected chi connectivity index (χ2v) is 16.5. The van der Waals surface area contributed by atoms with Gasteiger partial charge in [-0.15, -0.1) is 47.1 Å². The van der Waals surface area contributed by atoms with Crippen LogP contribution in [-0.4, -0.2) is 13.1 Å². The van der Waals surface area contributed by atoms with Gasteiger partial charge in [0.15, 0.2) is 0 Å². The topological polar surface area (TPSA) is 38.5 Å². The summed E-state index contributed by atoms with van der Waals surface area (Å²) in [5.41, 5.74) is 6.37. The van der Waals surface area contributed by atoms with Crippen molar-refractivity contribution in [1.82, 2.24) is 4.98 Å². The van der Waals surface area contributed by atoms with Gasteiger partial charge in [0, 0.05) is 54.6 Å². The number of furan rings is 1. The molecule has 7 aromatic carbocycles. The zero-order valence-corrected chi connectivity index (χ0v) is 30.8. The third-order valence-electron chi connectivity index (χ3n) is 9.94. The average molecular weight is 788 g/mol. The standard InChI is InChI=1S/C47H29N2O2Si.Pd/c1-3-19-37(20-4-1)52(38-21-5-2-6-22-38)45-27-10-8-25-41(45)49(42-28-29-44-46(47(42)52)39-23-7-9-26-43(39)51-44)34-16-14-18-36(32-34)50-35-17-13-15-33(31-35)40-24-11-12-30-48-40;/h1-24,26-30H;/q-3;. The van der Waals surface area contributed by atoms with Gasteiger partial charge in [-0.25, -0.2) is 0 Å². The van der Waals surface area contributed by atoms with Gasteiger partial charge in [-0.3, -0.25) is 0 Å². The predicted octanol–water partition coefficient (Wildman–Crippen LogP) is 9.00. The number of anilines is 3. The van der Waals surface area contributed by atoms with Crippen molar-refractivity contribution in [2.75, 3.05) is 4.90 Å². The van der Waals surface area contributed by atoms with Crippen LogP contribution < -0.4 is 30.4 Å². The first-order valence-corrected chi connectivity index (χ1v) is 19.3. The SMILES string of the molecule is [Pd].[c-]1c(Oc2[c-]c(N3c4[c-]cccc4[Si](c4ccccc4)(c4ccccc4)c4c3ccc3oc5ccccc5c43)ccc2)cccc1-c1ccccn1. The number of rotatable bonds is 6. The van der Waals surface area contributed by atoms with Crippen LogP contribution >= 0.6 is 0 Å². The summed E-state index contributed by atoms with van der Waals surface area (Å²) in [6.07, 6.45) is 1.78. The van der Waals surface area contributed by atoms with Crippen molar-refractivity contribution >= 4 is 67.8 Å². The Labute approximate surface area is 322 Å². The molecule has 0 saturated carbocycles. The van der Waals surface area contributed by atoms with Crippen molar-refractivity contribution in [3.63, 3.8) is 0 Å². The summed E-state index contributed by atoms with van der Waals surface area (Å²) in [5.74, 6) is 1.18. The van der Waals surface area contributed by atoms with Crippen molar-refractivity contribution in [1.29, 1.82) is 0 Å². The van der Waals surface area contributed by atoms with Crippen LogP contribution in [0.25, 0.3) is 33.2 Å². The van der Waals surface area contributed by atoms with Crippen LogP contribution in [0.15, 0.2) is 180 Å². The maximum atomic E-state index is 6.60. The first-order valence-electron chi connectivity index (χ1n) is 17.3. The number of nitrogens with zero attached hydrogens (tertiary/aromatic N) is 2. The van der Waals surface area contributed by atoms with Crippen molar-refractivity contribution in [3.05, 3.63) is 194 Å². The van der Waals surface area contributed by atoms with E-state index >= 15 is 0 Å². The van der Waals surface area contributed by atoms with Crippen LogP contribution in [0.5, 0.6) is 11.5 Å². The molecule has 0 radical (unpaired) electrons. The summed E-state index contributed by atoms with van der Waals surface area (Å²) in [7, 11) is -3.00. The zero-order chi connectivity index (χ0) is 34.5. The van der Waals surface area contributed by atoms with E-state index in [4.69, 9.17) is 9.15 Å². The molecule has 1 aliphatic heterocycles. The number of benzene rings is 7. The maximum Gasteiger partial charge on any atom is 0.135 e. The van der Waals surface area contributed by atoms with Gasteiger partial charge in [-0.1, -0.05) is 119 Å². The van der Waals surface area contributed by atoms with Crippen molar-refractivity contribution in [3.8, 4) is 22.8 Å². The number of hydrogen-bond donors (Lipinski definition) is 0. The minimum atomic E-state index is -3.00. The second kappa shape index (κ2) is 13.5. The summed E-state index contributed by atoms with van der Waals surface area (Å²) in [5, 5.41) is 7.35. The number of fused-ring (bicyclic) bond motifs is 6. The molecule has 3 heterocycles. The Morgan fingerprint density at radius 1 is 0.604 bits per heavy atom. The Morgan fingerprint density at radius 2 is 1.32 bits per heavy atom. The van der Waals surface area contributed by atoms with Crippen molar-refractivity contribution in [2.45, 2.75) is 0 Å². The van der Waals surface area contributed by atoms with Gasteiger partial charge in [-0.2, -0.15) is 30.3 Å². The van der Waals surface area contributed by atoms with E-state index in [1.807, 2.05) is 60.7 Å². The molecule has 6 heteroatoms. The van der Waals surface area contributed by atoms with E-state index in [0.717, 1.165) is 50.3 Å². The average Bonchev–Trinajstić information content (AvgIpc) is 3.60. The first kappa shape index (κ1) is 32.8. The van der Waals surface area contributed by atoms with Crippen LogP contribution in [0.2, 0.25) is 0 Å². The van der Waals surface area contributed by atoms with Gasteiger partial charge < -0.3 is 19.0 Å². The molecule has 0 saturated heterocycles. The molecule has 0 aliphatic carbocycles. The zero-order valence-electron chi connectivity index (χ0n) is 28.3. The van der Waals surface area contributed by atoms with Crippen LogP contribution in [0.3, 0.4) is 0 Å². The summed E-state index contributed by atoms with van der Waals surface area (Å²) >= 11 is 0. The van der Waals surface area contributed by atoms with Crippen LogP contribution in [0.1, 0.15) is 0 Å². The van der Waals surface area contributed by atoms with Gasteiger partial charge in [0.25, 0.3) is 0 Å². The molecule has 0 N–H and O–H groups in total. The number of hydrogen-bond acceptors (Lipinski definition) is 4. The molecule has 0 bridgehead atoms. The van der Waals surface area contributed by atoms with E-state index in [-0.39, 0.29) is 20.4 Å². The number of pyridine rings is 1. The fourth-order valence-corrected chi connectivity index (χ4v) is 13.1. The Kier molecular flexibility index (Phi) is 8.37. The number of para-hydroxylation sites is 2. The summed E-state index contributed by atoms with van der Waals surface area (Å²) in [6.45, 7) is 0. The summed E-state index contributed by atoms with van der Waals surface area (Å²) in [6, 6.07) is 69.7. The van der Waals surface area contributed by atoms with E-state index in [1.165, 1.54) is 20.7 Å². The number of aromatic nitrogens is 1. The van der Waals surface area contributed by atoms with E-state index < -0.39 is 8.07 Å². The van der Waals surface area contributed by atoms with Crippen molar-refractivity contribution in [2.24, 2.45) is 0 Å². The largest absolute Gasteiger partial charge is 0.503 e. The van der Waals surface area contributed by atoms with Crippen LogP contribution in [-0.2, 0) is 20.4 Å². The Balaban J connectivity index is 0.00000372. The molecule has 256 valence electrons. The minimum absolute atomic E-state index is 0. The maximum absolute atomic E-state index is 6.60. The molecule has 0 atom stereocenters. The first-order chi connectivity index (χ1) is 25.8. The molecule has 0 unspecified atom stereocenters. The molecule has 0 fully saturated rings. The van der Waals surface area contributed by atoms with E-state index in [0.29, 0.717) is 11.5 Å². The molecule has 10 rings (SSSR count). The summed E-state index contributed by atoms with van der Waals surface area (Å²) in [4.78, 5) is 6.79. The smallest absolute Gasteiger partial charge is 0.135 e. The van der Waals surface area contributed by atoms with Gasteiger partial charge in [0.05, 0.1) is 0 Å². The quantitative estimate of drug-likeness (QED) is 0.125. The number of ether oxygens (including phenoxy) is 1. The Bertz CT molecular complexity index is 2700. The molecule has 9 aromatic rings.